The number of hydrogen-bond acceptors (Lipinski definition) is 3. The van der Waals surface area contributed by atoms with E-state index < -0.39 is 5.60 Å². The molecule has 1 fully saturated rings. The van der Waals surface area contributed by atoms with Crippen molar-refractivity contribution in [1.29, 1.82) is 0 Å². The van der Waals surface area contributed by atoms with Crippen LogP contribution in [0.15, 0.2) is 18.2 Å². The zero-order chi connectivity index (χ0) is 15.6. The minimum Gasteiger partial charge on any atom is -0.444 e. The van der Waals surface area contributed by atoms with Gasteiger partial charge in [-0.2, -0.15) is 0 Å². The van der Waals surface area contributed by atoms with Gasteiger partial charge in [0.1, 0.15) is 5.60 Å². The minimum absolute atomic E-state index is 0.173. The first-order chi connectivity index (χ1) is 9.76. The Morgan fingerprint density at radius 3 is 2.67 bits per heavy atom. The summed E-state index contributed by atoms with van der Waals surface area (Å²) in [4.78, 5) is 14.0. The number of carbonyl (C=O) groups excluding carboxylic acids is 1. The summed E-state index contributed by atoms with van der Waals surface area (Å²) in [7, 11) is 0. The zero-order valence-corrected chi connectivity index (χ0v) is 13.7. The monoisotopic (exact) mass is 290 g/mol. The number of piperazine rings is 1. The standard InChI is InChI=1S/C17H26N2O2/c1-12-6-7-14(13(2)10-12)15-11-19(9-8-18-15)16(20)21-17(3,4)5/h6-7,10,15,18H,8-9,11H2,1-5H3. The Morgan fingerprint density at radius 2 is 2.05 bits per heavy atom. The molecule has 0 aliphatic carbocycles. The fraction of sp³-hybridized carbons (Fsp3) is 0.588. The van der Waals surface area contributed by atoms with E-state index in [2.05, 4.69) is 37.4 Å². The van der Waals surface area contributed by atoms with E-state index in [0.29, 0.717) is 13.1 Å². The van der Waals surface area contributed by atoms with E-state index in [1.54, 1.807) is 4.90 Å². The topological polar surface area (TPSA) is 41.6 Å². The van der Waals surface area contributed by atoms with Gasteiger partial charge in [-0.3, -0.25) is 0 Å². The molecule has 1 aromatic rings. The molecule has 21 heavy (non-hydrogen) atoms. The van der Waals surface area contributed by atoms with Crippen molar-refractivity contribution in [2.24, 2.45) is 0 Å². The van der Waals surface area contributed by atoms with Crippen LogP contribution >= 0.6 is 0 Å². The van der Waals surface area contributed by atoms with Gasteiger partial charge in [0.15, 0.2) is 0 Å². The lowest BCUT2D eigenvalue weighted by molar-refractivity contribution is 0.0195. The molecule has 0 spiro atoms. The molecule has 0 aromatic heterocycles. The summed E-state index contributed by atoms with van der Waals surface area (Å²) in [6.45, 7) is 12.0. The first-order valence-electron chi connectivity index (χ1n) is 7.55. The molecule has 1 aliphatic heterocycles. The molecule has 2 rings (SSSR count). The number of aryl methyl sites for hydroxylation is 2. The van der Waals surface area contributed by atoms with Crippen molar-refractivity contribution < 1.29 is 9.53 Å². The first kappa shape index (κ1) is 15.8. The van der Waals surface area contributed by atoms with Gasteiger partial charge in [0.05, 0.1) is 6.04 Å². The van der Waals surface area contributed by atoms with Crippen LogP contribution in [0.2, 0.25) is 0 Å². The van der Waals surface area contributed by atoms with Crippen molar-refractivity contribution in [3.63, 3.8) is 0 Å². The van der Waals surface area contributed by atoms with Gasteiger partial charge in [0, 0.05) is 19.6 Å². The molecular weight excluding hydrogens is 264 g/mol. The number of hydrogen-bond donors (Lipinski definition) is 1. The van der Waals surface area contributed by atoms with Crippen LogP contribution in [0, 0.1) is 13.8 Å². The summed E-state index contributed by atoms with van der Waals surface area (Å²) in [6.07, 6.45) is -0.223. The van der Waals surface area contributed by atoms with Crippen molar-refractivity contribution in [3.05, 3.63) is 34.9 Å². The maximum absolute atomic E-state index is 12.2. The number of rotatable bonds is 1. The van der Waals surface area contributed by atoms with Crippen LogP contribution in [0.3, 0.4) is 0 Å². The van der Waals surface area contributed by atoms with Crippen LogP contribution in [0.1, 0.15) is 43.5 Å². The Morgan fingerprint density at radius 1 is 1.33 bits per heavy atom. The highest BCUT2D eigenvalue weighted by molar-refractivity contribution is 5.68. The number of nitrogens with zero attached hydrogens (tertiary/aromatic N) is 1. The predicted octanol–water partition coefficient (Wildman–Crippen LogP) is 3.18. The predicted molar refractivity (Wildman–Crippen MR) is 84.5 cm³/mol. The zero-order valence-electron chi connectivity index (χ0n) is 13.7. The SMILES string of the molecule is Cc1ccc(C2CN(C(=O)OC(C)(C)C)CCN2)c(C)c1. The average Bonchev–Trinajstić information content (AvgIpc) is 2.37. The largest absolute Gasteiger partial charge is 0.444 e. The summed E-state index contributed by atoms with van der Waals surface area (Å²) in [5, 5.41) is 3.49. The number of amides is 1. The van der Waals surface area contributed by atoms with Gasteiger partial charge < -0.3 is 15.0 Å². The first-order valence-corrected chi connectivity index (χ1v) is 7.55. The van der Waals surface area contributed by atoms with Crippen molar-refractivity contribution in [3.8, 4) is 0 Å². The van der Waals surface area contributed by atoms with E-state index >= 15 is 0 Å². The number of carbonyl (C=O) groups is 1. The molecule has 116 valence electrons. The van der Waals surface area contributed by atoms with Gasteiger partial charge in [-0.1, -0.05) is 23.8 Å². The highest BCUT2D eigenvalue weighted by Gasteiger charge is 2.28. The average molecular weight is 290 g/mol. The molecule has 1 atom stereocenters. The Hall–Kier alpha value is -1.55. The van der Waals surface area contributed by atoms with Gasteiger partial charge in [-0.25, -0.2) is 4.79 Å². The van der Waals surface area contributed by atoms with Crippen molar-refractivity contribution in [2.45, 2.75) is 46.3 Å². The molecule has 1 unspecified atom stereocenters. The number of nitrogens with one attached hydrogen (secondary N) is 1. The maximum atomic E-state index is 12.2. The molecular formula is C17H26N2O2. The molecule has 0 bridgehead atoms. The van der Waals surface area contributed by atoms with Crippen LogP contribution in [0.4, 0.5) is 4.79 Å². The molecule has 1 N–H and O–H groups in total. The van der Waals surface area contributed by atoms with E-state index in [9.17, 15) is 4.79 Å². The van der Waals surface area contributed by atoms with E-state index in [1.807, 2.05) is 20.8 Å². The highest BCUT2D eigenvalue weighted by atomic mass is 16.6. The van der Waals surface area contributed by atoms with E-state index in [1.165, 1.54) is 16.7 Å². The lowest BCUT2D eigenvalue weighted by Gasteiger charge is -2.35. The Balaban J connectivity index is 2.08. The van der Waals surface area contributed by atoms with Crippen LogP contribution in [0.25, 0.3) is 0 Å². The third-order valence-corrected chi connectivity index (χ3v) is 3.63. The van der Waals surface area contributed by atoms with E-state index in [-0.39, 0.29) is 12.1 Å². The number of ether oxygens (including phenoxy) is 1. The van der Waals surface area contributed by atoms with Gasteiger partial charge in [0.25, 0.3) is 0 Å². The van der Waals surface area contributed by atoms with Gasteiger partial charge in [0.2, 0.25) is 0 Å². The molecule has 1 saturated heterocycles. The summed E-state index contributed by atoms with van der Waals surface area (Å²) in [5.74, 6) is 0. The van der Waals surface area contributed by atoms with Crippen LogP contribution in [0.5, 0.6) is 0 Å². The second-order valence-electron chi connectivity index (χ2n) is 6.79. The van der Waals surface area contributed by atoms with E-state index in [0.717, 1.165) is 6.54 Å². The van der Waals surface area contributed by atoms with Crippen LogP contribution < -0.4 is 5.32 Å². The normalized spacial score (nSPS) is 19.5. The van der Waals surface area contributed by atoms with Crippen molar-refractivity contribution in [2.75, 3.05) is 19.6 Å². The quantitative estimate of drug-likeness (QED) is 0.863. The van der Waals surface area contributed by atoms with E-state index in [4.69, 9.17) is 4.74 Å². The van der Waals surface area contributed by atoms with Crippen LogP contribution in [-0.2, 0) is 4.74 Å². The summed E-state index contributed by atoms with van der Waals surface area (Å²) < 4.78 is 5.47. The molecule has 0 saturated carbocycles. The molecule has 1 amide bonds. The lowest BCUT2D eigenvalue weighted by atomic mass is 9.98. The summed E-state index contributed by atoms with van der Waals surface area (Å²) in [6, 6.07) is 6.63. The van der Waals surface area contributed by atoms with Gasteiger partial charge >= 0.3 is 6.09 Å². The van der Waals surface area contributed by atoms with Gasteiger partial charge in [-0.15, -0.1) is 0 Å². The Labute approximate surface area is 127 Å². The molecule has 1 aliphatic rings. The molecule has 1 heterocycles. The smallest absolute Gasteiger partial charge is 0.410 e. The summed E-state index contributed by atoms with van der Waals surface area (Å²) in [5.41, 5.74) is 3.33. The fourth-order valence-electron chi connectivity index (χ4n) is 2.67. The van der Waals surface area contributed by atoms with Gasteiger partial charge in [-0.05, 0) is 45.7 Å². The molecule has 4 nitrogen and oxygen atoms in total. The third-order valence-electron chi connectivity index (χ3n) is 3.63. The molecule has 4 heteroatoms. The summed E-state index contributed by atoms with van der Waals surface area (Å²) >= 11 is 0. The third kappa shape index (κ3) is 4.21. The molecule has 0 radical (unpaired) electrons. The fourth-order valence-corrected chi connectivity index (χ4v) is 2.67. The minimum atomic E-state index is -0.447. The second kappa shape index (κ2) is 6.06. The number of benzene rings is 1. The lowest BCUT2D eigenvalue weighted by Crippen LogP contribution is -2.49. The van der Waals surface area contributed by atoms with Crippen molar-refractivity contribution in [1.82, 2.24) is 10.2 Å². The van der Waals surface area contributed by atoms with Crippen molar-refractivity contribution >= 4 is 6.09 Å². The maximum Gasteiger partial charge on any atom is 0.410 e. The Bertz CT molecular complexity index is 520. The second-order valence-corrected chi connectivity index (χ2v) is 6.79. The Kier molecular flexibility index (Phi) is 4.57. The highest BCUT2D eigenvalue weighted by Crippen LogP contribution is 2.23. The molecule has 1 aromatic carbocycles. The van der Waals surface area contributed by atoms with Crippen LogP contribution in [-0.4, -0.2) is 36.2 Å².